The third-order valence-electron chi connectivity index (χ3n) is 5.73. The molecule has 4 rings (SSSR count). The summed E-state index contributed by atoms with van der Waals surface area (Å²) in [5, 5.41) is 4.49. The van der Waals surface area contributed by atoms with Crippen LogP contribution >= 0.6 is 0 Å². The van der Waals surface area contributed by atoms with Crippen LogP contribution in [-0.4, -0.2) is 38.4 Å². The second-order valence-electron chi connectivity index (χ2n) is 7.66. The third-order valence-corrected chi connectivity index (χ3v) is 5.73. The highest BCUT2D eigenvalue weighted by Gasteiger charge is 2.19. The SMILES string of the molecule is COCCn1ccc2c(NC(=O)Cc3c(C)c4c(OC)cc(OC)cc4oc3=O)cccc21. The lowest BCUT2D eigenvalue weighted by Crippen LogP contribution is -2.21. The van der Waals surface area contributed by atoms with Crippen molar-refractivity contribution < 1.29 is 23.4 Å². The summed E-state index contributed by atoms with van der Waals surface area (Å²) in [6, 6.07) is 11.0. The minimum atomic E-state index is -0.561. The smallest absolute Gasteiger partial charge is 0.340 e. The van der Waals surface area contributed by atoms with Gasteiger partial charge in [-0.25, -0.2) is 4.79 Å². The van der Waals surface area contributed by atoms with Gasteiger partial charge in [0.25, 0.3) is 0 Å². The average molecular weight is 450 g/mol. The molecule has 0 aliphatic carbocycles. The summed E-state index contributed by atoms with van der Waals surface area (Å²) in [6.45, 7) is 3.08. The number of amides is 1. The number of ether oxygens (including phenoxy) is 3. The molecular weight excluding hydrogens is 424 g/mol. The number of hydrogen-bond donors (Lipinski definition) is 1. The van der Waals surface area contributed by atoms with Gasteiger partial charge in [0.05, 0.1) is 49.4 Å². The second-order valence-corrected chi connectivity index (χ2v) is 7.66. The van der Waals surface area contributed by atoms with E-state index >= 15 is 0 Å². The van der Waals surface area contributed by atoms with Gasteiger partial charge in [-0.2, -0.15) is 0 Å². The van der Waals surface area contributed by atoms with Crippen molar-refractivity contribution in [2.45, 2.75) is 19.9 Å². The van der Waals surface area contributed by atoms with E-state index in [-0.39, 0.29) is 17.9 Å². The monoisotopic (exact) mass is 450 g/mol. The Hall–Kier alpha value is -3.78. The fourth-order valence-electron chi connectivity index (χ4n) is 4.04. The van der Waals surface area contributed by atoms with Crippen LogP contribution in [0.25, 0.3) is 21.9 Å². The molecule has 8 nitrogen and oxygen atoms in total. The molecule has 2 heterocycles. The van der Waals surface area contributed by atoms with Crippen molar-refractivity contribution in [2.75, 3.05) is 33.3 Å². The highest BCUT2D eigenvalue weighted by atomic mass is 16.5. The van der Waals surface area contributed by atoms with Gasteiger partial charge in [-0.3, -0.25) is 4.79 Å². The zero-order chi connectivity index (χ0) is 23.5. The number of methoxy groups -OCH3 is 3. The number of hydrogen-bond acceptors (Lipinski definition) is 6. The minimum absolute atomic E-state index is 0.125. The van der Waals surface area contributed by atoms with Crippen LogP contribution in [0.4, 0.5) is 5.69 Å². The summed E-state index contributed by atoms with van der Waals surface area (Å²) >= 11 is 0. The number of anilines is 1. The number of nitrogens with one attached hydrogen (secondary N) is 1. The molecule has 0 spiro atoms. The molecule has 0 fully saturated rings. The molecule has 0 saturated carbocycles. The van der Waals surface area contributed by atoms with Crippen molar-refractivity contribution in [3.63, 3.8) is 0 Å². The Kier molecular flexibility index (Phi) is 6.37. The number of carbonyl (C=O) groups is 1. The molecule has 33 heavy (non-hydrogen) atoms. The molecule has 2 aromatic heterocycles. The highest BCUT2D eigenvalue weighted by molar-refractivity contribution is 6.02. The first-order valence-electron chi connectivity index (χ1n) is 10.5. The second kappa shape index (κ2) is 9.38. The fraction of sp³-hybridized carbons (Fsp3) is 0.280. The summed E-state index contributed by atoms with van der Waals surface area (Å²) in [5.74, 6) is 0.710. The number of aromatic nitrogens is 1. The molecular formula is C25H26N2O6. The highest BCUT2D eigenvalue weighted by Crippen LogP contribution is 2.34. The number of nitrogens with zero attached hydrogens (tertiary/aromatic N) is 1. The first kappa shape index (κ1) is 22.4. The lowest BCUT2D eigenvalue weighted by atomic mass is 10.0. The Labute approximate surface area is 190 Å². The van der Waals surface area contributed by atoms with Crippen molar-refractivity contribution in [1.82, 2.24) is 4.57 Å². The van der Waals surface area contributed by atoms with E-state index in [1.807, 2.05) is 30.5 Å². The third kappa shape index (κ3) is 4.29. The maximum Gasteiger partial charge on any atom is 0.340 e. The summed E-state index contributed by atoms with van der Waals surface area (Å²) in [7, 11) is 4.72. The van der Waals surface area contributed by atoms with Crippen molar-refractivity contribution >= 4 is 33.5 Å². The van der Waals surface area contributed by atoms with Crippen molar-refractivity contribution in [1.29, 1.82) is 0 Å². The van der Waals surface area contributed by atoms with Crippen LogP contribution in [0.5, 0.6) is 11.5 Å². The fourth-order valence-corrected chi connectivity index (χ4v) is 4.04. The van der Waals surface area contributed by atoms with E-state index in [0.717, 1.165) is 10.9 Å². The Morgan fingerprint density at radius 2 is 1.94 bits per heavy atom. The van der Waals surface area contributed by atoms with Gasteiger partial charge in [-0.1, -0.05) is 6.07 Å². The van der Waals surface area contributed by atoms with E-state index in [4.69, 9.17) is 18.6 Å². The summed E-state index contributed by atoms with van der Waals surface area (Å²) in [6.07, 6.45) is 1.84. The Bertz CT molecular complexity index is 1390. The number of carbonyl (C=O) groups excluding carboxylic acids is 1. The average Bonchev–Trinajstić information content (AvgIpc) is 3.23. The Morgan fingerprint density at radius 3 is 2.67 bits per heavy atom. The molecule has 2 aromatic carbocycles. The summed E-state index contributed by atoms with van der Waals surface area (Å²) in [5.41, 5.74) is 2.38. The quantitative estimate of drug-likeness (QED) is 0.410. The molecule has 4 aromatic rings. The molecule has 0 unspecified atom stereocenters. The van der Waals surface area contributed by atoms with E-state index in [1.54, 1.807) is 26.2 Å². The molecule has 0 atom stereocenters. The predicted molar refractivity (Wildman–Crippen MR) is 126 cm³/mol. The van der Waals surface area contributed by atoms with E-state index in [9.17, 15) is 9.59 Å². The molecule has 1 amide bonds. The topological polar surface area (TPSA) is 91.9 Å². The largest absolute Gasteiger partial charge is 0.496 e. The molecule has 172 valence electrons. The lowest BCUT2D eigenvalue weighted by molar-refractivity contribution is -0.115. The molecule has 0 radical (unpaired) electrons. The van der Waals surface area contributed by atoms with Crippen LogP contribution < -0.4 is 20.4 Å². The number of aryl methyl sites for hydroxylation is 1. The van der Waals surface area contributed by atoms with Crippen LogP contribution in [0.2, 0.25) is 0 Å². The Morgan fingerprint density at radius 1 is 1.12 bits per heavy atom. The van der Waals surface area contributed by atoms with Crippen LogP contribution in [-0.2, 0) is 22.5 Å². The van der Waals surface area contributed by atoms with E-state index in [2.05, 4.69) is 9.88 Å². The zero-order valence-corrected chi connectivity index (χ0v) is 19.1. The van der Waals surface area contributed by atoms with E-state index in [1.165, 1.54) is 14.2 Å². The standard InChI is InChI=1S/C25H26N2O6/c1-15-18(25(29)33-22-13-16(31-3)12-21(32-4)24(15)22)14-23(28)26-19-6-5-7-20-17(19)8-9-27(20)10-11-30-2/h5-9,12-13H,10-11,14H2,1-4H3,(H,26,28). The van der Waals surface area contributed by atoms with E-state index in [0.29, 0.717) is 46.9 Å². The number of rotatable bonds is 8. The Balaban J connectivity index is 1.65. The molecule has 1 N–H and O–H groups in total. The minimum Gasteiger partial charge on any atom is -0.496 e. The van der Waals surface area contributed by atoms with Gasteiger partial charge in [0.2, 0.25) is 5.91 Å². The number of benzene rings is 2. The molecule has 0 bridgehead atoms. The van der Waals surface area contributed by atoms with Gasteiger partial charge < -0.3 is 28.5 Å². The normalized spacial score (nSPS) is 11.2. The van der Waals surface area contributed by atoms with Gasteiger partial charge in [-0.15, -0.1) is 0 Å². The summed E-state index contributed by atoms with van der Waals surface area (Å²) in [4.78, 5) is 25.6. The first-order chi connectivity index (χ1) is 16.0. The number of fused-ring (bicyclic) bond motifs is 2. The molecule has 8 heteroatoms. The van der Waals surface area contributed by atoms with Crippen molar-refractivity contribution in [3.8, 4) is 11.5 Å². The van der Waals surface area contributed by atoms with Crippen LogP contribution in [0.3, 0.4) is 0 Å². The first-order valence-corrected chi connectivity index (χ1v) is 10.5. The van der Waals surface area contributed by atoms with Crippen LogP contribution in [0, 0.1) is 6.92 Å². The predicted octanol–water partition coefficient (Wildman–Crippen LogP) is 3.90. The van der Waals surface area contributed by atoms with Crippen LogP contribution in [0.15, 0.2) is 51.8 Å². The molecule has 0 aliphatic rings. The zero-order valence-electron chi connectivity index (χ0n) is 19.1. The van der Waals surface area contributed by atoms with Crippen LogP contribution in [0.1, 0.15) is 11.1 Å². The van der Waals surface area contributed by atoms with Crippen molar-refractivity contribution in [2.24, 2.45) is 0 Å². The van der Waals surface area contributed by atoms with Gasteiger partial charge >= 0.3 is 5.63 Å². The molecule has 0 saturated heterocycles. The maximum absolute atomic E-state index is 12.9. The lowest BCUT2D eigenvalue weighted by Gasteiger charge is -2.13. The van der Waals surface area contributed by atoms with Crippen molar-refractivity contribution in [3.05, 3.63) is 64.1 Å². The van der Waals surface area contributed by atoms with Gasteiger partial charge in [0.15, 0.2) is 0 Å². The van der Waals surface area contributed by atoms with Gasteiger partial charge in [0, 0.05) is 37.4 Å². The van der Waals surface area contributed by atoms with Gasteiger partial charge in [-0.05, 0) is 30.7 Å². The van der Waals surface area contributed by atoms with Gasteiger partial charge in [0.1, 0.15) is 17.1 Å². The molecule has 0 aliphatic heterocycles. The maximum atomic E-state index is 12.9. The van der Waals surface area contributed by atoms with E-state index < -0.39 is 5.63 Å². The summed E-state index contributed by atoms with van der Waals surface area (Å²) < 4.78 is 23.5.